The van der Waals surface area contributed by atoms with E-state index in [1.807, 2.05) is 26.1 Å². The number of thiazole rings is 1. The number of rotatable bonds is 5. The van der Waals surface area contributed by atoms with E-state index >= 15 is 0 Å². The van der Waals surface area contributed by atoms with Gasteiger partial charge in [0.2, 0.25) is 0 Å². The summed E-state index contributed by atoms with van der Waals surface area (Å²) in [5, 5.41) is 15.2. The Morgan fingerprint density at radius 1 is 1.42 bits per heavy atom. The highest BCUT2D eigenvalue weighted by molar-refractivity contribution is 7.11. The number of nitro groups is 1. The number of nitro benzene ring substituents is 1. The van der Waals surface area contributed by atoms with Crippen molar-refractivity contribution in [3.05, 3.63) is 50.0 Å². The predicted molar refractivity (Wildman–Crippen MR) is 76.9 cm³/mol. The minimum atomic E-state index is -0.358. The van der Waals surface area contributed by atoms with Crippen molar-refractivity contribution in [1.29, 1.82) is 0 Å². The maximum Gasteiger partial charge on any atom is 0.292 e. The Morgan fingerprint density at radius 2 is 2.21 bits per heavy atom. The van der Waals surface area contributed by atoms with Gasteiger partial charge in [-0.05, 0) is 19.4 Å². The molecular weight excluding hydrogens is 262 g/mol. The number of aromatic nitrogens is 1. The highest BCUT2D eigenvalue weighted by atomic mass is 32.1. The molecule has 0 aliphatic heterocycles. The van der Waals surface area contributed by atoms with E-state index in [1.54, 1.807) is 17.4 Å². The minimum absolute atomic E-state index is 0.121. The summed E-state index contributed by atoms with van der Waals surface area (Å²) in [6.07, 6.45) is 2.61. The molecule has 6 heteroatoms. The molecule has 0 atom stereocenters. The number of anilines is 1. The Balaban J connectivity index is 2.05. The predicted octanol–water partition coefficient (Wildman–Crippen LogP) is 3.32. The summed E-state index contributed by atoms with van der Waals surface area (Å²) in [5.74, 6) is 0. The highest BCUT2D eigenvalue weighted by Gasteiger charge is 2.14. The summed E-state index contributed by atoms with van der Waals surface area (Å²) in [7, 11) is 0. The molecule has 0 aliphatic rings. The Hall–Kier alpha value is -1.95. The van der Waals surface area contributed by atoms with Gasteiger partial charge in [-0.25, -0.2) is 4.98 Å². The zero-order chi connectivity index (χ0) is 13.8. The number of nitrogens with one attached hydrogen (secondary N) is 1. The largest absolute Gasteiger partial charge is 0.379 e. The van der Waals surface area contributed by atoms with E-state index in [0.29, 0.717) is 12.2 Å². The molecule has 0 unspecified atom stereocenters. The highest BCUT2D eigenvalue weighted by Crippen LogP contribution is 2.27. The number of benzene rings is 1. The van der Waals surface area contributed by atoms with Gasteiger partial charge in [0.15, 0.2) is 0 Å². The lowest BCUT2D eigenvalue weighted by atomic mass is 10.1. The third-order valence-electron chi connectivity index (χ3n) is 2.76. The van der Waals surface area contributed by atoms with Crippen LogP contribution in [0, 0.1) is 24.0 Å². The maximum atomic E-state index is 11.0. The fourth-order valence-electron chi connectivity index (χ4n) is 1.85. The van der Waals surface area contributed by atoms with Gasteiger partial charge in [0.1, 0.15) is 5.69 Å². The lowest BCUT2D eigenvalue weighted by Crippen LogP contribution is -2.08. The van der Waals surface area contributed by atoms with Crippen molar-refractivity contribution in [3.8, 4) is 0 Å². The molecule has 1 N–H and O–H groups in total. The second-order valence-corrected chi connectivity index (χ2v) is 5.59. The first kappa shape index (κ1) is 13.5. The molecule has 0 amide bonds. The molecule has 0 saturated carbocycles. The van der Waals surface area contributed by atoms with Crippen LogP contribution < -0.4 is 5.32 Å². The molecule has 19 heavy (non-hydrogen) atoms. The van der Waals surface area contributed by atoms with Gasteiger partial charge in [-0.2, -0.15) is 0 Å². The fraction of sp³-hybridized carbons (Fsp3) is 0.308. The Bertz CT molecular complexity index is 595. The summed E-state index contributed by atoms with van der Waals surface area (Å²) in [6, 6.07) is 5.08. The Labute approximate surface area is 115 Å². The van der Waals surface area contributed by atoms with Gasteiger partial charge in [-0.15, -0.1) is 11.3 Å². The molecule has 0 bridgehead atoms. The summed E-state index contributed by atoms with van der Waals surface area (Å²) >= 11 is 1.65. The lowest BCUT2D eigenvalue weighted by Gasteiger charge is -2.08. The SMILES string of the molecule is Cc1cnc(CCNc2c(C)cccc2[N+](=O)[O-])s1. The van der Waals surface area contributed by atoms with Crippen molar-refractivity contribution in [3.63, 3.8) is 0 Å². The van der Waals surface area contributed by atoms with Gasteiger partial charge < -0.3 is 5.32 Å². The maximum absolute atomic E-state index is 11.0. The molecule has 1 heterocycles. The standard InChI is InChI=1S/C13H15N3O2S/c1-9-4-3-5-11(16(17)18)13(9)14-7-6-12-15-8-10(2)19-12/h3-5,8,14H,6-7H2,1-2H3. The third kappa shape index (κ3) is 3.29. The van der Waals surface area contributed by atoms with Crippen molar-refractivity contribution in [2.24, 2.45) is 0 Å². The van der Waals surface area contributed by atoms with E-state index < -0.39 is 0 Å². The lowest BCUT2D eigenvalue weighted by molar-refractivity contribution is -0.384. The zero-order valence-corrected chi connectivity index (χ0v) is 11.7. The van der Waals surface area contributed by atoms with Crippen molar-refractivity contribution < 1.29 is 4.92 Å². The van der Waals surface area contributed by atoms with Crippen LogP contribution in [-0.2, 0) is 6.42 Å². The van der Waals surface area contributed by atoms with E-state index in [2.05, 4.69) is 10.3 Å². The first-order valence-corrected chi connectivity index (χ1v) is 6.79. The van der Waals surface area contributed by atoms with Crippen LogP contribution in [-0.4, -0.2) is 16.5 Å². The van der Waals surface area contributed by atoms with Crippen LogP contribution in [0.15, 0.2) is 24.4 Å². The van der Waals surface area contributed by atoms with E-state index in [4.69, 9.17) is 0 Å². The first-order valence-electron chi connectivity index (χ1n) is 5.97. The van der Waals surface area contributed by atoms with Crippen LogP contribution in [0.2, 0.25) is 0 Å². The van der Waals surface area contributed by atoms with Crippen molar-refractivity contribution in [2.75, 3.05) is 11.9 Å². The van der Waals surface area contributed by atoms with Gasteiger partial charge in [0, 0.05) is 30.1 Å². The molecule has 2 rings (SSSR count). The van der Waals surface area contributed by atoms with Crippen LogP contribution in [0.4, 0.5) is 11.4 Å². The van der Waals surface area contributed by atoms with Crippen molar-refractivity contribution in [1.82, 2.24) is 4.98 Å². The molecule has 0 spiro atoms. The number of hydrogen-bond donors (Lipinski definition) is 1. The van der Waals surface area contributed by atoms with E-state index in [-0.39, 0.29) is 10.6 Å². The third-order valence-corrected chi connectivity index (χ3v) is 3.73. The average Bonchev–Trinajstić information content (AvgIpc) is 2.77. The zero-order valence-electron chi connectivity index (χ0n) is 10.8. The first-order chi connectivity index (χ1) is 9.08. The van der Waals surface area contributed by atoms with Crippen LogP contribution in [0.3, 0.4) is 0 Å². The topological polar surface area (TPSA) is 68.1 Å². The molecule has 0 saturated heterocycles. The van der Waals surface area contributed by atoms with Crippen LogP contribution in [0.5, 0.6) is 0 Å². The number of nitrogens with zero attached hydrogens (tertiary/aromatic N) is 2. The van der Waals surface area contributed by atoms with Gasteiger partial charge in [-0.1, -0.05) is 12.1 Å². The van der Waals surface area contributed by atoms with E-state index in [9.17, 15) is 10.1 Å². The molecular formula is C13H15N3O2S. The smallest absolute Gasteiger partial charge is 0.292 e. The van der Waals surface area contributed by atoms with Crippen LogP contribution in [0.1, 0.15) is 15.4 Å². The molecule has 0 radical (unpaired) electrons. The van der Waals surface area contributed by atoms with Gasteiger partial charge in [0.05, 0.1) is 9.93 Å². The van der Waals surface area contributed by atoms with Crippen molar-refractivity contribution >= 4 is 22.7 Å². The number of hydrogen-bond acceptors (Lipinski definition) is 5. The van der Waals surface area contributed by atoms with Crippen LogP contribution in [0.25, 0.3) is 0 Å². The normalized spacial score (nSPS) is 10.4. The molecule has 100 valence electrons. The molecule has 0 fully saturated rings. The quantitative estimate of drug-likeness (QED) is 0.672. The van der Waals surface area contributed by atoms with E-state index in [1.165, 1.54) is 10.9 Å². The fourth-order valence-corrected chi connectivity index (χ4v) is 2.63. The summed E-state index contributed by atoms with van der Waals surface area (Å²) < 4.78 is 0. The molecule has 0 aliphatic carbocycles. The number of para-hydroxylation sites is 1. The average molecular weight is 277 g/mol. The van der Waals surface area contributed by atoms with E-state index in [0.717, 1.165) is 17.0 Å². The van der Waals surface area contributed by atoms with Crippen molar-refractivity contribution in [2.45, 2.75) is 20.3 Å². The number of aryl methyl sites for hydroxylation is 2. The Kier molecular flexibility index (Phi) is 4.11. The molecule has 1 aromatic heterocycles. The molecule has 2 aromatic rings. The van der Waals surface area contributed by atoms with Crippen LogP contribution >= 0.6 is 11.3 Å². The molecule has 1 aromatic carbocycles. The Morgan fingerprint density at radius 3 is 2.84 bits per heavy atom. The second-order valence-electron chi connectivity index (χ2n) is 4.27. The minimum Gasteiger partial charge on any atom is -0.379 e. The summed E-state index contributed by atoms with van der Waals surface area (Å²) in [4.78, 5) is 16.1. The van der Waals surface area contributed by atoms with Gasteiger partial charge in [-0.3, -0.25) is 10.1 Å². The summed E-state index contributed by atoms with van der Waals surface area (Å²) in [6.45, 7) is 4.52. The summed E-state index contributed by atoms with van der Waals surface area (Å²) in [5.41, 5.74) is 1.60. The molecule has 5 nitrogen and oxygen atoms in total. The monoisotopic (exact) mass is 277 g/mol. The van der Waals surface area contributed by atoms with Gasteiger partial charge in [0.25, 0.3) is 5.69 Å². The second kappa shape index (κ2) is 5.79. The van der Waals surface area contributed by atoms with Gasteiger partial charge >= 0.3 is 0 Å².